The molecule has 0 saturated carbocycles. The van der Waals surface area contributed by atoms with Crippen molar-refractivity contribution in [1.29, 1.82) is 0 Å². The van der Waals surface area contributed by atoms with Crippen LogP contribution < -0.4 is 4.74 Å². The molecule has 1 fully saturated rings. The second kappa shape index (κ2) is 4.77. The Morgan fingerprint density at radius 2 is 2.11 bits per heavy atom. The number of hydrogen-bond donors (Lipinski definition) is 0. The van der Waals surface area contributed by atoms with Crippen LogP contribution in [0, 0.1) is 0 Å². The summed E-state index contributed by atoms with van der Waals surface area (Å²) in [5.74, 6) is -5.08. The van der Waals surface area contributed by atoms with Gasteiger partial charge in [-0.25, -0.2) is 4.79 Å². The van der Waals surface area contributed by atoms with Crippen LogP contribution >= 0.6 is 0 Å². The first-order valence-corrected chi connectivity index (χ1v) is 5.82. The van der Waals surface area contributed by atoms with Crippen molar-refractivity contribution in [2.45, 2.75) is 18.4 Å². The van der Waals surface area contributed by atoms with Crippen molar-refractivity contribution in [1.82, 2.24) is 0 Å². The van der Waals surface area contributed by atoms with Crippen molar-refractivity contribution >= 4 is 5.97 Å². The molecule has 0 amide bonds. The summed E-state index contributed by atoms with van der Waals surface area (Å²) < 4.78 is 42.8. The summed E-state index contributed by atoms with van der Waals surface area (Å²) in [6.45, 7) is 1.10. The Bertz CT molecular complexity index is 483. The van der Waals surface area contributed by atoms with Crippen molar-refractivity contribution in [3.63, 3.8) is 0 Å². The van der Waals surface area contributed by atoms with Crippen LogP contribution in [0.3, 0.4) is 0 Å². The maximum Gasteiger partial charge on any atom is 0.380 e. The minimum Gasteiger partial charge on any atom is -0.496 e. The van der Waals surface area contributed by atoms with Crippen LogP contribution in [0.25, 0.3) is 0 Å². The highest BCUT2D eigenvalue weighted by Crippen LogP contribution is 2.53. The van der Waals surface area contributed by atoms with Gasteiger partial charge in [-0.15, -0.1) is 0 Å². The Labute approximate surface area is 109 Å². The van der Waals surface area contributed by atoms with Gasteiger partial charge in [-0.05, 0) is 13.0 Å². The molecule has 1 unspecified atom stereocenters. The van der Waals surface area contributed by atoms with Gasteiger partial charge in [-0.3, -0.25) is 0 Å². The molecule has 104 valence electrons. The highest BCUT2D eigenvalue weighted by Gasteiger charge is 2.71. The van der Waals surface area contributed by atoms with Crippen LogP contribution in [0.4, 0.5) is 8.78 Å². The fourth-order valence-electron chi connectivity index (χ4n) is 1.94. The number of esters is 1. The van der Waals surface area contributed by atoms with Crippen molar-refractivity contribution in [3.8, 4) is 5.75 Å². The Morgan fingerprint density at radius 1 is 1.47 bits per heavy atom. The molecule has 0 spiro atoms. The van der Waals surface area contributed by atoms with Crippen molar-refractivity contribution < 1.29 is 27.8 Å². The van der Waals surface area contributed by atoms with Crippen molar-refractivity contribution in [2.24, 2.45) is 0 Å². The van der Waals surface area contributed by atoms with Crippen molar-refractivity contribution in [2.75, 3.05) is 20.3 Å². The van der Waals surface area contributed by atoms with Gasteiger partial charge in [0.15, 0.2) is 5.60 Å². The SMILES string of the molecule is CCOC(=O)C(F)(F)C1(c2ccccc2OC)CO1. The van der Waals surface area contributed by atoms with Crippen LogP contribution in [0.5, 0.6) is 5.75 Å². The number of rotatable bonds is 5. The predicted octanol–water partition coefficient (Wildman–Crippen LogP) is 2.12. The Balaban J connectivity index is 2.40. The lowest BCUT2D eigenvalue weighted by atomic mass is 9.92. The minimum atomic E-state index is -3.75. The molecule has 0 radical (unpaired) electrons. The first kappa shape index (κ1) is 13.7. The van der Waals surface area contributed by atoms with E-state index in [9.17, 15) is 13.6 Å². The second-order valence-corrected chi connectivity index (χ2v) is 4.11. The summed E-state index contributed by atoms with van der Waals surface area (Å²) in [6, 6.07) is 6.24. The number of epoxide rings is 1. The van der Waals surface area contributed by atoms with E-state index in [1.165, 1.54) is 20.1 Å². The summed E-state index contributed by atoms with van der Waals surface area (Å²) in [5, 5.41) is 0. The highest BCUT2D eigenvalue weighted by molar-refractivity contribution is 5.80. The normalized spacial score (nSPS) is 21.9. The minimum absolute atomic E-state index is 0.115. The molecule has 1 aliphatic rings. The van der Waals surface area contributed by atoms with Gasteiger partial charge in [-0.1, -0.05) is 18.2 Å². The van der Waals surface area contributed by atoms with Gasteiger partial charge < -0.3 is 14.2 Å². The van der Waals surface area contributed by atoms with Gasteiger partial charge in [0.05, 0.1) is 20.3 Å². The third-order valence-corrected chi connectivity index (χ3v) is 3.01. The van der Waals surface area contributed by atoms with Gasteiger partial charge in [0.2, 0.25) is 0 Å². The number of halogens is 2. The number of ether oxygens (including phenoxy) is 3. The van der Waals surface area contributed by atoms with Gasteiger partial charge in [0.1, 0.15) is 5.75 Å². The lowest BCUT2D eigenvalue weighted by Crippen LogP contribution is -2.44. The van der Waals surface area contributed by atoms with Gasteiger partial charge in [0.25, 0.3) is 0 Å². The third-order valence-electron chi connectivity index (χ3n) is 3.01. The molecule has 0 N–H and O–H groups in total. The summed E-state index contributed by atoms with van der Waals surface area (Å²) in [6.07, 6.45) is 0. The Kier molecular flexibility index (Phi) is 3.45. The Morgan fingerprint density at radius 3 is 2.63 bits per heavy atom. The molecule has 0 bridgehead atoms. The van der Waals surface area contributed by atoms with E-state index in [1.54, 1.807) is 18.2 Å². The molecule has 1 saturated heterocycles. The molecular formula is C13H14F2O4. The van der Waals surface area contributed by atoms with E-state index < -0.39 is 17.5 Å². The number of para-hydroxylation sites is 1. The zero-order chi connectivity index (χ0) is 14.1. The third kappa shape index (κ3) is 2.06. The van der Waals surface area contributed by atoms with Crippen LogP contribution in [-0.4, -0.2) is 32.2 Å². The molecule has 1 heterocycles. The lowest BCUT2D eigenvalue weighted by molar-refractivity contribution is -0.183. The molecule has 1 atom stereocenters. The fourth-order valence-corrected chi connectivity index (χ4v) is 1.94. The molecule has 4 nitrogen and oxygen atoms in total. The largest absolute Gasteiger partial charge is 0.496 e. The molecule has 0 aliphatic carbocycles. The zero-order valence-corrected chi connectivity index (χ0v) is 10.6. The summed E-state index contributed by atoms with van der Waals surface area (Å²) in [7, 11) is 1.37. The summed E-state index contributed by atoms with van der Waals surface area (Å²) in [4.78, 5) is 11.4. The first-order chi connectivity index (χ1) is 8.99. The molecule has 2 rings (SSSR count). The number of methoxy groups -OCH3 is 1. The summed E-state index contributed by atoms with van der Waals surface area (Å²) >= 11 is 0. The van der Waals surface area contributed by atoms with Gasteiger partial charge in [-0.2, -0.15) is 8.78 Å². The van der Waals surface area contributed by atoms with Crippen molar-refractivity contribution in [3.05, 3.63) is 29.8 Å². The van der Waals surface area contributed by atoms with E-state index in [-0.39, 0.29) is 24.5 Å². The smallest absolute Gasteiger partial charge is 0.380 e. The van der Waals surface area contributed by atoms with E-state index in [2.05, 4.69) is 4.74 Å². The maximum absolute atomic E-state index is 14.2. The average Bonchev–Trinajstić information content (AvgIpc) is 3.20. The molecular weight excluding hydrogens is 258 g/mol. The quantitative estimate of drug-likeness (QED) is 0.608. The molecule has 1 aromatic rings. The van der Waals surface area contributed by atoms with E-state index in [0.717, 1.165) is 0 Å². The topological polar surface area (TPSA) is 48.1 Å². The van der Waals surface area contributed by atoms with E-state index >= 15 is 0 Å². The number of alkyl halides is 2. The Hall–Kier alpha value is -1.69. The van der Waals surface area contributed by atoms with Crippen LogP contribution in [0.1, 0.15) is 12.5 Å². The number of carbonyl (C=O) groups excluding carboxylic acids is 1. The monoisotopic (exact) mass is 272 g/mol. The summed E-state index contributed by atoms with van der Waals surface area (Å²) in [5.41, 5.74) is -1.83. The lowest BCUT2D eigenvalue weighted by Gasteiger charge is -2.23. The second-order valence-electron chi connectivity index (χ2n) is 4.11. The van der Waals surface area contributed by atoms with Crippen LogP contribution in [-0.2, 0) is 19.9 Å². The van der Waals surface area contributed by atoms with Gasteiger partial charge in [0, 0.05) is 5.56 Å². The molecule has 0 aromatic heterocycles. The standard InChI is InChI=1S/C13H14F2O4/c1-3-18-11(16)13(14,15)12(8-19-12)9-6-4-5-7-10(9)17-2/h4-7H,3,8H2,1-2H3. The molecule has 1 aliphatic heterocycles. The van der Waals surface area contributed by atoms with Crippen LogP contribution in [0.2, 0.25) is 0 Å². The number of hydrogen-bond acceptors (Lipinski definition) is 4. The van der Waals surface area contributed by atoms with Crippen LogP contribution in [0.15, 0.2) is 24.3 Å². The molecule has 6 heteroatoms. The predicted molar refractivity (Wildman–Crippen MR) is 62.2 cm³/mol. The number of carbonyl (C=O) groups is 1. The zero-order valence-electron chi connectivity index (χ0n) is 10.6. The van der Waals surface area contributed by atoms with E-state index in [0.29, 0.717) is 0 Å². The average molecular weight is 272 g/mol. The molecule has 19 heavy (non-hydrogen) atoms. The highest BCUT2D eigenvalue weighted by atomic mass is 19.3. The molecule has 1 aromatic carbocycles. The van der Waals surface area contributed by atoms with Gasteiger partial charge >= 0.3 is 11.9 Å². The van der Waals surface area contributed by atoms with E-state index in [4.69, 9.17) is 9.47 Å². The first-order valence-electron chi connectivity index (χ1n) is 5.82. The maximum atomic E-state index is 14.2. The number of benzene rings is 1. The van der Waals surface area contributed by atoms with E-state index in [1.807, 2.05) is 0 Å². The fraction of sp³-hybridized carbons (Fsp3) is 0.462.